The van der Waals surface area contributed by atoms with Crippen LogP contribution in [0.3, 0.4) is 0 Å². The van der Waals surface area contributed by atoms with Gasteiger partial charge in [-0.3, -0.25) is 14.9 Å². The third-order valence-corrected chi connectivity index (χ3v) is 4.67. The predicted molar refractivity (Wildman–Crippen MR) is 108 cm³/mol. The average molecular weight is 389 g/mol. The molecule has 1 unspecified atom stereocenters. The van der Waals surface area contributed by atoms with Crippen molar-refractivity contribution in [1.82, 2.24) is 0 Å². The van der Waals surface area contributed by atoms with E-state index in [9.17, 15) is 19.7 Å². The monoisotopic (exact) mass is 389 g/mol. The van der Waals surface area contributed by atoms with Gasteiger partial charge in [-0.2, -0.15) is 0 Å². The number of ether oxygens (including phenoxy) is 1. The number of carbonyl (C=O) groups excluding carboxylic acids is 2. The number of nitro groups is 1. The number of nitro benzene ring substituents is 1. The number of hydrogen-bond donors (Lipinski definition) is 0. The second kappa shape index (κ2) is 8.48. The van der Waals surface area contributed by atoms with Crippen LogP contribution in [0, 0.1) is 24.0 Å². The summed E-state index contributed by atoms with van der Waals surface area (Å²) in [6, 6.07) is 19.1. The standard InChI is InChI=1S/C23H19NO5/c1-15-8-9-19(14-16(15)2)21(25)22(17-6-4-3-5-7-17)29-23(26)18-10-12-20(13-11-18)24(27)28/h3-14,22H,1-2H3. The van der Waals surface area contributed by atoms with Crippen molar-refractivity contribution in [2.24, 2.45) is 0 Å². The van der Waals surface area contributed by atoms with Gasteiger partial charge in [-0.05, 0) is 43.2 Å². The Morgan fingerprint density at radius 2 is 1.48 bits per heavy atom. The highest BCUT2D eigenvalue weighted by Crippen LogP contribution is 2.25. The molecule has 0 aliphatic rings. The molecule has 0 saturated heterocycles. The van der Waals surface area contributed by atoms with Gasteiger partial charge < -0.3 is 4.74 Å². The summed E-state index contributed by atoms with van der Waals surface area (Å²) in [6.07, 6.45) is -1.12. The van der Waals surface area contributed by atoms with Gasteiger partial charge in [0.1, 0.15) is 0 Å². The molecule has 0 amide bonds. The zero-order valence-corrected chi connectivity index (χ0v) is 16.0. The predicted octanol–water partition coefficient (Wildman–Crippen LogP) is 4.99. The summed E-state index contributed by atoms with van der Waals surface area (Å²) in [4.78, 5) is 36.0. The average Bonchev–Trinajstić information content (AvgIpc) is 2.74. The molecule has 0 aromatic heterocycles. The Morgan fingerprint density at radius 1 is 0.862 bits per heavy atom. The molecule has 3 aromatic carbocycles. The number of carbonyl (C=O) groups is 2. The number of non-ortho nitro benzene ring substituents is 1. The number of nitrogens with zero attached hydrogens (tertiary/aromatic N) is 1. The van der Waals surface area contributed by atoms with Crippen LogP contribution in [0.1, 0.15) is 43.5 Å². The largest absolute Gasteiger partial charge is 0.445 e. The van der Waals surface area contributed by atoms with Crippen LogP contribution in [0.2, 0.25) is 0 Å². The Balaban J connectivity index is 1.91. The molecular formula is C23H19NO5. The number of aryl methyl sites for hydroxylation is 2. The molecule has 0 N–H and O–H groups in total. The van der Waals surface area contributed by atoms with Crippen LogP contribution in [0.15, 0.2) is 72.8 Å². The van der Waals surface area contributed by atoms with Crippen LogP contribution < -0.4 is 0 Å². The zero-order valence-electron chi connectivity index (χ0n) is 16.0. The minimum atomic E-state index is -1.12. The van der Waals surface area contributed by atoms with Gasteiger partial charge in [0.15, 0.2) is 6.10 Å². The Bertz CT molecular complexity index is 1060. The molecule has 1 atom stereocenters. The van der Waals surface area contributed by atoms with Crippen molar-refractivity contribution in [3.05, 3.63) is 111 Å². The van der Waals surface area contributed by atoms with E-state index < -0.39 is 17.0 Å². The van der Waals surface area contributed by atoms with E-state index in [2.05, 4.69) is 0 Å². The highest BCUT2D eigenvalue weighted by Gasteiger charge is 2.27. The molecular weight excluding hydrogens is 370 g/mol. The fourth-order valence-corrected chi connectivity index (χ4v) is 2.84. The van der Waals surface area contributed by atoms with Crippen LogP contribution in [0.25, 0.3) is 0 Å². The van der Waals surface area contributed by atoms with Gasteiger partial charge >= 0.3 is 5.97 Å². The lowest BCUT2D eigenvalue weighted by molar-refractivity contribution is -0.384. The molecule has 0 heterocycles. The minimum absolute atomic E-state index is 0.129. The lowest BCUT2D eigenvalue weighted by atomic mass is 9.97. The summed E-state index contributed by atoms with van der Waals surface area (Å²) in [5.41, 5.74) is 3.01. The normalized spacial score (nSPS) is 11.5. The number of hydrogen-bond acceptors (Lipinski definition) is 5. The van der Waals surface area contributed by atoms with E-state index in [4.69, 9.17) is 4.74 Å². The third-order valence-electron chi connectivity index (χ3n) is 4.67. The van der Waals surface area contributed by atoms with Crippen molar-refractivity contribution in [2.75, 3.05) is 0 Å². The topological polar surface area (TPSA) is 86.5 Å². The Hall–Kier alpha value is -3.80. The summed E-state index contributed by atoms with van der Waals surface area (Å²) in [7, 11) is 0. The summed E-state index contributed by atoms with van der Waals surface area (Å²) in [6.45, 7) is 3.86. The van der Waals surface area contributed by atoms with Crippen molar-refractivity contribution in [3.63, 3.8) is 0 Å². The van der Waals surface area contributed by atoms with Gasteiger partial charge in [0.25, 0.3) is 5.69 Å². The lowest BCUT2D eigenvalue weighted by Gasteiger charge is -2.18. The van der Waals surface area contributed by atoms with Crippen molar-refractivity contribution < 1.29 is 19.2 Å². The third kappa shape index (κ3) is 4.55. The second-order valence-corrected chi connectivity index (χ2v) is 6.66. The molecule has 0 saturated carbocycles. The second-order valence-electron chi connectivity index (χ2n) is 6.66. The van der Waals surface area contributed by atoms with E-state index in [1.165, 1.54) is 24.3 Å². The summed E-state index contributed by atoms with van der Waals surface area (Å²) in [5, 5.41) is 10.8. The molecule has 0 spiro atoms. The molecule has 29 heavy (non-hydrogen) atoms. The van der Waals surface area contributed by atoms with Crippen LogP contribution >= 0.6 is 0 Å². The first kappa shape index (κ1) is 19.9. The number of esters is 1. The van der Waals surface area contributed by atoms with Crippen LogP contribution in [0.4, 0.5) is 5.69 Å². The molecule has 0 bridgehead atoms. The highest BCUT2D eigenvalue weighted by atomic mass is 16.6. The molecule has 0 aliphatic carbocycles. The van der Waals surface area contributed by atoms with Gasteiger partial charge in [0.2, 0.25) is 5.78 Å². The van der Waals surface area contributed by atoms with E-state index in [1.54, 1.807) is 42.5 Å². The van der Waals surface area contributed by atoms with Gasteiger partial charge in [0, 0.05) is 23.3 Å². The maximum absolute atomic E-state index is 13.2. The van der Waals surface area contributed by atoms with Crippen LogP contribution in [0.5, 0.6) is 0 Å². The van der Waals surface area contributed by atoms with Crippen molar-refractivity contribution in [1.29, 1.82) is 0 Å². The fourth-order valence-electron chi connectivity index (χ4n) is 2.84. The van der Waals surface area contributed by atoms with E-state index >= 15 is 0 Å². The number of ketones is 1. The van der Waals surface area contributed by atoms with Gasteiger partial charge in [0.05, 0.1) is 10.5 Å². The zero-order chi connectivity index (χ0) is 21.0. The van der Waals surface area contributed by atoms with Gasteiger partial charge in [-0.1, -0.05) is 42.5 Å². The molecule has 6 nitrogen and oxygen atoms in total. The Kier molecular flexibility index (Phi) is 5.83. The quantitative estimate of drug-likeness (QED) is 0.256. The van der Waals surface area contributed by atoms with E-state index in [-0.39, 0.29) is 17.0 Å². The van der Waals surface area contributed by atoms with Gasteiger partial charge in [-0.25, -0.2) is 4.79 Å². The smallest absolute Gasteiger partial charge is 0.339 e. The summed E-state index contributed by atoms with van der Waals surface area (Å²) in [5.74, 6) is -1.07. The molecule has 0 radical (unpaired) electrons. The molecule has 3 aromatic rings. The first-order valence-corrected chi connectivity index (χ1v) is 8.98. The number of benzene rings is 3. The van der Waals surface area contributed by atoms with Crippen molar-refractivity contribution in [3.8, 4) is 0 Å². The van der Waals surface area contributed by atoms with Crippen molar-refractivity contribution in [2.45, 2.75) is 20.0 Å². The minimum Gasteiger partial charge on any atom is -0.445 e. The molecule has 0 aliphatic heterocycles. The van der Waals surface area contributed by atoms with E-state index in [0.29, 0.717) is 11.1 Å². The first-order chi connectivity index (χ1) is 13.9. The Labute approximate surface area is 167 Å². The van der Waals surface area contributed by atoms with Crippen LogP contribution in [-0.4, -0.2) is 16.7 Å². The van der Waals surface area contributed by atoms with Crippen molar-refractivity contribution >= 4 is 17.4 Å². The maximum atomic E-state index is 13.2. The maximum Gasteiger partial charge on any atom is 0.339 e. The summed E-state index contributed by atoms with van der Waals surface area (Å²) < 4.78 is 5.55. The number of Topliss-reactive ketones (excluding diaryl/α,β-unsaturated/α-hetero) is 1. The van der Waals surface area contributed by atoms with Gasteiger partial charge in [-0.15, -0.1) is 0 Å². The van der Waals surface area contributed by atoms with Crippen LogP contribution in [-0.2, 0) is 4.74 Å². The molecule has 3 rings (SSSR count). The summed E-state index contributed by atoms with van der Waals surface area (Å²) >= 11 is 0. The van der Waals surface area contributed by atoms with E-state index in [0.717, 1.165) is 11.1 Å². The molecule has 6 heteroatoms. The van der Waals surface area contributed by atoms with E-state index in [1.807, 2.05) is 19.9 Å². The molecule has 0 fully saturated rings. The Morgan fingerprint density at radius 3 is 2.07 bits per heavy atom. The highest BCUT2D eigenvalue weighted by molar-refractivity contribution is 6.02. The lowest BCUT2D eigenvalue weighted by Crippen LogP contribution is -2.20. The SMILES string of the molecule is Cc1ccc(C(=O)C(OC(=O)c2ccc([N+](=O)[O-])cc2)c2ccccc2)cc1C. The fraction of sp³-hybridized carbons (Fsp3) is 0.130. The number of rotatable bonds is 6. The first-order valence-electron chi connectivity index (χ1n) is 8.98. The molecule has 146 valence electrons.